The number of aromatic nitrogens is 2. The Balaban J connectivity index is 2.08. The van der Waals surface area contributed by atoms with Crippen LogP contribution in [0.15, 0.2) is 53.3 Å². The molecular weight excluding hydrogens is 252 g/mol. The van der Waals surface area contributed by atoms with Crippen molar-refractivity contribution >= 4 is 0 Å². The van der Waals surface area contributed by atoms with Crippen molar-refractivity contribution in [3.63, 3.8) is 0 Å². The summed E-state index contributed by atoms with van der Waals surface area (Å²) in [5.41, 5.74) is 4.08. The monoisotopic (exact) mass is 266 g/mol. The van der Waals surface area contributed by atoms with Crippen LogP contribution in [0.25, 0.3) is 22.4 Å². The Morgan fingerprint density at radius 2 is 1.60 bits per heavy atom. The van der Waals surface area contributed by atoms with Gasteiger partial charge in [0, 0.05) is 5.56 Å². The fourth-order valence-corrected chi connectivity index (χ4v) is 2.18. The van der Waals surface area contributed by atoms with E-state index in [2.05, 4.69) is 22.1 Å². The van der Waals surface area contributed by atoms with Gasteiger partial charge in [0.15, 0.2) is 0 Å². The maximum Gasteiger partial charge on any atom is 0.326 e. The van der Waals surface area contributed by atoms with Crippen LogP contribution in [0.2, 0.25) is 0 Å². The molecule has 100 valence electrons. The van der Waals surface area contributed by atoms with Gasteiger partial charge in [-0.3, -0.25) is 4.98 Å². The van der Waals surface area contributed by atoms with Crippen molar-refractivity contribution in [2.75, 3.05) is 0 Å². The molecule has 0 spiro atoms. The second-order valence-electron chi connectivity index (χ2n) is 4.75. The molecule has 0 saturated carbocycles. The molecule has 20 heavy (non-hydrogen) atoms. The third-order valence-corrected chi connectivity index (χ3v) is 3.24. The van der Waals surface area contributed by atoms with Crippen LogP contribution in [0.1, 0.15) is 5.56 Å². The summed E-state index contributed by atoms with van der Waals surface area (Å²) < 4.78 is 0. The summed E-state index contributed by atoms with van der Waals surface area (Å²) in [6.45, 7) is 2.04. The SMILES string of the molecule is Cc1ccc(-c2cccc(-c3[nH]c(=O)[nH]c3O)c2)cc1. The Labute approximate surface area is 115 Å². The molecular formula is C16H14N2O2. The van der Waals surface area contributed by atoms with Crippen molar-refractivity contribution in [2.45, 2.75) is 6.92 Å². The van der Waals surface area contributed by atoms with Gasteiger partial charge >= 0.3 is 5.69 Å². The van der Waals surface area contributed by atoms with Crippen molar-refractivity contribution in [2.24, 2.45) is 0 Å². The number of hydrogen-bond donors (Lipinski definition) is 3. The van der Waals surface area contributed by atoms with Crippen molar-refractivity contribution in [1.82, 2.24) is 9.97 Å². The van der Waals surface area contributed by atoms with Crippen molar-refractivity contribution < 1.29 is 5.11 Å². The topological polar surface area (TPSA) is 68.9 Å². The van der Waals surface area contributed by atoms with Gasteiger partial charge in [0.1, 0.15) is 5.69 Å². The van der Waals surface area contributed by atoms with Crippen LogP contribution in [0, 0.1) is 6.92 Å². The molecule has 0 aliphatic carbocycles. The van der Waals surface area contributed by atoms with Crippen LogP contribution >= 0.6 is 0 Å². The zero-order chi connectivity index (χ0) is 14.1. The molecule has 0 saturated heterocycles. The van der Waals surface area contributed by atoms with Crippen LogP contribution in [0.3, 0.4) is 0 Å². The second kappa shape index (κ2) is 4.74. The highest BCUT2D eigenvalue weighted by Crippen LogP contribution is 2.28. The van der Waals surface area contributed by atoms with E-state index in [1.807, 2.05) is 43.3 Å². The number of aromatic amines is 2. The van der Waals surface area contributed by atoms with Gasteiger partial charge in [-0.2, -0.15) is 0 Å². The number of hydrogen-bond acceptors (Lipinski definition) is 2. The summed E-state index contributed by atoms with van der Waals surface area (Å²) in [5.74, 6) is -0.143. The summed E-state index contributed by atoms with van der Waals surface area (Å²) >= 11 is 0. The van der Waals surface area contributed by atoms with Gasteiger partial charge in [0.05, 0.1) is 0 Å². The van der Waals surface area contributed by atoms with Gasteiger partial charge in [0.25, 0.3) is 0 Å². The van der Waals surface area contributed by atoms with Crippen LogP contribution < -0.4 is 5.69 Å². The maximum absolute atomic E-state index is 11.2. The van der Waals surface area contributed by atoms with Crippen molar-refractivity contribution in [3.8, 4) is 28.3 Å². The lowest BCUT2D eigenvalue weighted by Crippen LogP contribution is -2.00. The highest BCUT2D eigenvalue weighted by molar-refractivity contribution is 5.73. The fraction of sp³-hybridized carbons (Fsp3) is 0.0625. The fourth-order valence-electron chi connectivity index (χ4n) is 2.18. The lowest BCUT2D eigenvalue weighted by Gasteiger charge is -2.05. The first-order valence-corrected chi connectivity index (χ1v) is 6.32. The predicted octanol–water partition coefficient (Wildman–Crippen LogP) is 3.05. The minimum Gasteiger partial charge on any atom is -0.493 e. The molecule has 3 rings (SSSR count). The standard InChI is InChI=1S/C16H14N2O2/c1-10-5-7-11(8-6-10)12-3-2-4-13(9-12)14-15(19)18-16(20)17-14/h2-9,19H,1H3,(H2,17,18,20). The van der Waals surface area contributed by atoms with E-state index in [4.69, 9.17) is 0 Å². The number of benzene rings is 2. The Hall–Kier alpha value is -2.75. The Bertz CT molecular complexity index is 798. The highest BCUT2D eigenvalue weighted by Gasteiger charge is 2.09. The minimum absolute atomic E-state index is 0.143. The van der Waals surface area contributed by atoms with E-state index in [1.165, 1.54) is 5.56 Å². The van der Waals surface area contributed by atoms with Crippen molar-refractivity contribution in [1.29, 1.82) is 0 Å². The third-order valence-electron chi connectivity index (χ3n) is 3.24. The average molecular weight is 266 g/mol. The number of imidazole rings is 1. The predicted molar refractivity (Wildman–Crippen MR) is 78.7 cm³/mol. The summed E-state index contributed by atoms with van der Waals surface area (Å²) in [5, 5.41) is 9.70. The summed E-state index contributed by atoms with van der Waals surface area (Å²) in [7, 11) is 0. The van der Waals surface area contributed by atoms with Crippen LogP contribution in [-0.2, 0) is 0 Å². The zero-order valence-corrected chi connectivity index (χ0v) is 11.0. The van der Waals surface area contributed by atoms with Gasteiger partial charge in [-0.05, 0) is 24.1 Å². The third kappa shape index (κ3) is 2.23. The highest BCUT2D eigenvalue weighted by atomic mass is 16.3. The maximum atomic E-state index is 11.2. The van der Waals surface area contributed by atoms with Crippen LogP contribution in [0.4, 0.5) is 0 Å². The van der Waals surface area contributed by atoms with Crippen LogP contribution in [0.5, 0.6) is 5.88 Å². The van der Waals surface area contributed by atoms with Gasteiger partial charge in [-0.15, -0.1) is 0 Å². The molecule has 0 fully saturated rings. The number of aryl methyl sites for hydroxylation is 1. The first-order chi connectivity index (χ1) is 9.63. The van der Waals surface area contributed by atoms with E-state index in [-0.39, 0.29) is 5.88 Å². The van der Waals surface area contributed by atoms with E-state index < -0.39 is 5.69 Å². The average Bonchev–Trinajstić information content (AvgIpc) is 2.79. The Kier molecular flexibility index (Phi) is 2.91. The van der Waals surface area contributed by atoms with E-state index in [1.54, 1.807) is 0 Å². The molecule has 2 aromatic carbocycles. The van der Waals surface area contributed by atoms with Crippen molar-refractivity contribution in [3.05, 3.63) is 64.6 Å². The van der Waals surface area contributed by atoms with E-state index in [0.717, 1.165) is 16.7 Å². The Morgan fingerprint density at radius 1 is 0.900 bits per heavy atom. The number of rotatable bonds is 2. The molecule has 3 aromatic rings. The Morgan fingerprint density at radius 3 is 2.25 bits per heavy atom. The van der Waals surface area contributed by atoms with Gasteiger partial charge in [0.2, 0.25) is 5.88 Å². The summed E-state index contributed by atoms with van der Waals surface area (Å²) in [6, 6.07) is 15.9. The number of aromatic hydroxyl groups is 1. The zero-order valence-electron chi connectivity index (χ0n) is 11.0. The largest absolute Gasteiger partial charge is 0.493 e. The van der Waals surface area contributed by atoms with Gasteiger partial charge in [-0.25, -0.2) is 4.79 Å². The molecule has 3 N–H and O–H groups in total. The molecule has 0 amide bonds. The van der Waals surface area contributed by atoms with E-state index in [0.29, 0.717) is 5.69 Å². The van der Waals surface area contributed by atoms with E-state index >= 15 is 0 Å². The van der Waals surface area contributed by atoms with Gasteiger partial charge < -0.3 is 10.1 Å². The summed E-state index contributed by atoms with van der Waals surface area (Å²) in [6.07, 6.45) is 0. The normalized spacial score (nSPS) is 10.7. The number of H-pyrrole nitrogens is 2. The molecule has 0 bridgehead atoms. The molecule has 0 aliphatic heterocycles. The molecule has 1 aromatic heterocycles. The molecule has 4 nitrogen and oxygen atoms in total. The first-order valence-electron chi connectivity index (χ1n) is 6.32. The second-order valence-corrected chi connectivity index (χ2v) is 4.75. The molecule has 4 heteroatoms. The molecule has 0 radical (unpaired) electrons. The lowest BCUT2D eigenvalue weighted by atomic mass is 10.0. The molecule has 0 unspecified atom stereocenters. The first kappa shape index (κ1) is 12.3. The smallest absolute Gasteiger partial charge is 0.326 e. The molecule has 0 atom stereocenters. The lowest BCUT2D eigenvalue weighted by molar-refractivity contribution is 0.457. The minimum atomic E-state index is -0.418. The van der Waals surface area contributed by atoms with Crippen LogP contribution in [-0.4, -0.2) is 15.1 Å². The van der Waals surface area contributed by atoms with Gasteiger partial charge in [-0.1, -0.05) is 48.0 Å². The quantitative estimate of drug-likeness (QED) is 0.667. The number of nitrogens with one attached hydrogen (secondary N) is 2. The molecule has 1 heterocycles. The van der Waals surface area contributed by atoms with E-state index in [9.17, 15) is 9.90 Å². The molecule has 0 aliphatic rings. The summed E-state index contributed by atoms with van der Waals surface area (Å²) in [4.78, 5) is 16.1.